The first-order chi connectivity index (χ1) is 19.2. The van der Waals surface area contributed by atoms with Gasteiger partial charge in [0.05, 0.1) is 17.6 Å². The SMILES string of the molecule is Cn1cc(-c2nc3ccc(CC(=O)C(F)(OC4CCC(C(=O)O)CC4)N4CCCC4)cc3o2)c2cc(F)ccc21. The number of carbonyl (C=O) groups excluding carboxylic acids is 1. The highest BCUT2D eigenvalue weighted by Gasteiger charge is 2.48. The van der Waals surface area contributed by atoms with Crippen molar-refractivity contribution in [2.24, 2.45) is 13.0 Å². The quantitative estimate of drug-likeness (QED) is 0.284. The van der Waals surface area contributed by atoms with Gasteiger partial charge in [-0.2, -0.15) is 4.39 Å². The summed E-state index contributed by atoms with van der Waals surface area (Å²) < 4.78 is 44.3. The van der Waals surface area contributed by atoms with Crippen molar-refractivity contribution in [2.75, 3.05) is 13.1 Å². The van der Waals surface area contributed by atoms with Crippen molar-refractivity contribution >= 4 is 33.8 Å². The van der Waals surface area contributed by atoms with E-state index in [0.717, 1.165) is 18.4 Å². The molecule has 0 bridgehead atoms. The molecule has 1 saturated heterocycles. The number of carboxylic acid groups (broad SMARTS) is 1. The Kier molecular flexibility index (Phi) is 6.92. The lowest BCUT2D eigenvalue weighted by molar-refractivity contribution is -0.252. The first-order valence-corrected chi connectivity index (χ1v) is 13.7. The molecule has 2 fully saturated rings. The summed E-state index contributed by atoms with van der Waals surface area (Å²) >= 11 is 0. The van der Waals surface area contributed by atoms with Gasteiger partial charge in [-0.15, -0.1) is 0 Å². The molecule has 1 N–H and O–H groups in total. The maximum Gasteiger partial charge on any atom is 0.330 e. The zero-order valence-corrected chi connectivity index (χ0v) is 22.2. The minimum atomic E-state index is -2.58. The van der Waals surface area contributed by atoms with Crippen LogP contribution < -0.4 is 0 Å². The number of ether oxygens (including phenoxy) is 1. The van der Waals surface area contributed by atoms with E-state index in [1.165, 1.54) is 17.0 Å². The van der Waals surface area contributed by atoms with Crippen LogP contribution in [0.3, 0.4) is 0 Å². The van der Waals surface area contributed by atoms with E-state index < -0.39 is 29.8 Å². The molecule has 2 aromatic carbocycles. The number of halogens is 2. The molecule has 1 atom stereocenters. The zero-order valence-electron chi connectivity index (χ0n) is 22.2. The summed E-state index contributed by atoms with van der Waals surface area (Å²) in [5, 5.41) is 9.95. The summed E-state index contributed by atoms with van der Waals surface area (Å²) in [6, 6.07) is 9.66. The standard InChI is InChI=1S/C30H31F2N3O5/c1-34-17-23(22-16-20(31)7-11-25(22)34)28-33-24-10-4-18(14-26(24)39-28)15-27(36)30(32,35-12-2-3-13-35)40-21-8-5-19(6-9-21)29(37)38/h4,7,10-11,14,16-17,19,21H,2-3,5-6,8-9,12-13,15H2,1H3,(H,37,38). The highest BCUT2D eigenvalue weighted by atomic mass is 19.2. The molecule has 1 aliphatic heterocycles. The van der Waals surface area contributed by atoms with Gasteiger partial charge in [0.25, 0.3) is 0 Å². The fourth-order valence-electron chi connectivity index (χ4n) is 5.99. The summed E-state index contributed by atoms with van der Waals surface area (Å²) in [4.78, 5) is 30.8. The number of hydrogen-bond acceptors (Lipinski definition) is 6. The Morgan fingerprint density at radius 1 is 1.12 bits per heavy atom. The van der Waals surface area contributed by atoms with Gasteiger partial charge >= 0.3 is 11.9 Å². The largest absolute Gasteiger partial charge is 0.481 e. The number of oxazole rings is 1. The van der Waals surface area contributed by atoms with E-state index in [-0.39, 0.29) is 12.2 Å². The van der Waals surface area contributed by atoms with Gasteiger partial charge in [-0.05, 0) is 74.4 Å². The third-order valence-corrected chi connectivity index (χ3v) is 8.20. The molecule has 2 aromatic heterocycles. The summed E-state index contributed by atoms with van der Waals surface area (Å²) in [5.74, 6) is -4.61. The second-order valence-electron chi connectivity index (χ2n) is 10.9. The molecule has 210 valence electrons. The lowest BCUT2D eigenvalue weighted by atomic mass is 9.87. The Morgan fingerprint density at radius 3 is 2.60 bits per heavy atom. The number of nitrogens with zero attached hydrogens (tertiary/aromatic N) is 3. The molecule has 2 aliphatic rings. The lowest BCUT2D eigenvalue weighted by Gasteiger charge is -2.37. The van der Waals surface area contributed by atoms with Crippen LogP contribution in [0.4, 0.5) is 8.78 Å². The minimum Gasteiger partial charge on any atom is -0.481 e. The summed E-state index contributed by atoms with van der Waals surface area (Å²) in [5.41, 5.74) is 3.05. The van der Waals surface area contributed by atoms with E-state index in [2.05, 4.69) is 4.98 Å². The number of rotatable bonds is 8. The molecule has 3 heterocycles. The summed E-state index contributed by atoms with van der Waals surface area (Å²) in [6.07, 6.45) is 4.25. The lowest BCUT2D eigenvalue weighted by Crippen LogP contribution is -2.54. The number of aliphatic carboxylic acids is 1. The number of aryl methyl sites for hydroxylation is 1. The smallest absolute Gasteiger partial charge is 0.330 e. The average molecular weight is 552 g/mol. The molecule has 0 amide bonds. The maximum absolute atomic E-state index is 16.5. The Hall–Kier alpha value is -3.63. The topological polar surface area (TPSA) is 97.8 Å². The second-order valence-corrected chi connectivity index (χ2v) is 10.9. The number of ketones is 1. The number of carboxylic acids is 1. The van der Waals surface area contributed by atoms with Gasteiger partial charge in [0.1, 0.15) is 11.3 Å². The van der Waals surface area contributed by atoms with Crippen molar-refractivity contribution in [2.45, 2.75) is 57.0 Å². The third-order valence-electron chi connectivity index (χ3n) is 8.20. The molecular formula is C30H31F2N3O5. The Bertz CT molecular complexity index is 1580. The molecule has 8 nitrogen and oxygen atoms in total. The Labute approximate surface area is 229 Å². The minimum absolute atomic E-state index is 0.205. The van der Waals surface area contributed by atoms with Crippen molar-refractivity contribution in [1.82, 2.24) is 14.5 Å². The second kappa shape index (κ2) is 10.4. The van der Waals surface area contributed by atoms with Crippen LogP contribution in [0, 0.1) is 11.7 Å². The van der Waals surface area contributed by atoms with E-state index >= 15 is 4.39 Å². The van der Waals surface area contributed by atoms with Crippen LogP contribution in [0.2, 0.25) is 0 Å². The number of aromatic nitrogens is 2. The van der Waals surface area contributed by atoms with Crippen LogP contribution in [0.5, 0.6) is 0 Å². The molecule has 40 heavy (non-hydrogen) atoms. The van der Waals surface area contributed by atoms with Crippen LogP contribution in [0.25, 0.3) is 33.5 Å². The van der Waals surface area contributed by atoms with E-state index in [4.69, 9.17) is 9.15 Å². The zero-order chi connectivity index (χ0) is 28.0. The molecule has 1 unspecified atom stereocenters. The van der Waals surface area contributed by atoms with Crippen LogP contribution in [0.15, 0.2) is 47.0 Å². The average Bonchev–Trinajstić information content (AvgIpc) is 3.68. The van der Waals surface area contributed by atoms with Gasteiger partial charge in [-0.25, -0.2) is 14.3 Å². The van der Waals surface area contributed by atoms with Gasteiger partial charge in [0.15, 0.2) is 5.58 Å². The van der Waals surface area contributed by atoms with Crippen molar-refractivity contribution < 1.29 is 32.6 Å². The van der Waals surface area contributed by atoms with E-state index in [9.17, 15) is 19.1 Å². The molecular weight excluding hydrogens is 520 g/mol. The Balaban J connectivity index is 1.24. The van der Waals surface area contributed by atoms with Gasteiger partial charge in [-0.1, -0.05) is 6.07 Å². The van der Waals surface area contributed by atoms with Crippen molar-refractivity contribution in [3.05, 3.63) is 54.0 Å². The first kappa shape index (κ1) is 26.6. The van der Waals surface area contributed by atoms with Crippen LogP contribution in [-0.4, -0.2) is 56.5 Å². The molecule has 0 radical (unpaired) electrons. The van der Waals surface area contributed by atoms with E-state index in [1.54, 1.807) is 24.3 Å². The highest BCUT2D eigenvalue weighted by Crippen LogP contribution is 2.36. The maximum atomic E-state index is 16.5. The molecule has 0 spiro atoms. The molecule has 1 saturated carbocycles. The van der Waals surface area contributed by atoms with E-state index in [0.29, 0.717) is 72.3 Å². The normalized spacial score (nSPS) is 21.7. The van der Waals surface area contributed by atoms with E-state index in [1.807, 2.05) is 17.8 Å². The summed E-state index contributed by atoms with van der Waals surface area (Å²) in [7, 11) is 1.86. The molecule has 1 aliphatic carbocycles. The number of fused-ring (bicyclic) bond motifs is 2. The molecule has 10 heteroatoms. The van der Waals surface area contributed by atoms with Crippen molar-refractivity contribution in [1.29, 1.82) is 0 Å². The predicted molar refractivity (Wildman–Crippen MR) is 144 cm³/mol. The Morgan fingerprint density at radius 2 is 1.88 bits per heavy atom. The van der Waals surface area contributed by atoms with Crippen LogP contribution in [0.1, 0.15) is 44.1 Å². The number of Topliss-reactive ketones (excluding diaryl/α,β-unsaturated/α-hetero) is 1. The third kappa shape index (κ3) is 4.90. The fourth-order valence-corrected chi connectivity index (χ4v) is 5.99. The number of benzene rings is 2. The fraction of sp³-hybridized carbons (Fsp3) is 0.433. The van der Waals surface area contributed by atoms with Gasteiger partial charge in [0.2, 0.25) is 11.7 Å². The number of likely N-dealkylation sites (tertiary alicyclic amines) is 1. The number of carbonyl (C=O) groups is 2. The molecule has 6 rings (SSSR count). The number of hydrogen-bond donors (Lipinski definition) is 1. The van der Waals surface area contributed by atoms with Gasteiger partial charge < -0.3 is 18.8 Å². The highest BCUT2D eigenvalue weighted by molar-refractivity contribution is 5.95. The molecule has 4 aromatic rings. The summed E-state index contributed by atoms with van der Waals surface area (Å²) in [6.45, 7) is 0.839. The predicted octanol–water partition coefficient (Wildman–Crippen LogP) is 5.62. The van der Waals surface area contributed by atoms with Crippen LogP contribution in [-0.2, 0) is 27.8 Å². The van der Waals surface area contributed by atoms with Gasteiger partial charge in [0, 0.05) is 43.7 Å². The van der Waals surface area contributed by atoms with Gasteiger partial charge in [-0.3, -0.25) is 9.59 Å². The first-order valence-electron chi connectivity index (χ1n) is 13.7. The monoisotopic (exact) mass is 551 g/mol. The van der Waals surface area contributed by atoms with Crippen molar-refractivity contribution in [3.8, 4) is 11.5 Å². The van der Waals surface area contributed by atoms with Crippen LogP contribution >= 0.6 is 0 Å². The number of alkyl halides is 1. The van der Waals surface area contributed by atoms with Crippen molar-refractivity contribution in [3.63, 3.8) is 0 Å².